The second-order valence-electron chi connectivity index (χ2n) is 6.68. The topological polar surface area (TPSA) is 29.1 Å². The first-order chi connectivity index (χ1) is 10.8. The van der Waals surface area contributed by atoms with E-state index in [4.69, 9.17) is 0 Å². The molecule has 0 aromatic heterocycles. The van der Waals surface area contributed by atoms with E-state index in [9.17, 15) is 4.79 Å². The van der Waals surface area contributed by atoms with Crippen molar-refractivity contribution in [3.05, 3.63) is 69.3 Å². The second-order valence-corrected chi connectivity index (χ2v) is 6.68. The van der Waals surface area contributed by atoms with Crippen LogP contribution in [0.5, 0.6) is 0 Å². The van der Waals surface area contributed by atoms with Crippen LogP contribution in [-0.4, -0.2) is 5.91 Å². The molecular weight excluding hydrogens is 282 g/mol. The number of benzene rings is 2. The molecule has 2 aromatic carbocycles. The molecule has 0 saturated heterocycles. The lowest BCUT2D eigenvalue weighted by Gasteiger charge is -2.18. The lowest BCUT2D eigenvalue weighted by molar-refractivity contribution is -0.121. The maximum atomic E-state index is 12.3. The largest absolute Gasteiger partial charge is 0.349 e. The third-order valence-electron chi connectivity index (χ3n) is 4.66. The van der Waals surface area contributed by atoms with E-state index in [1.807, 2.05) is 6.07 Å². The van der Waals surface area contributed by atoms with Gasteiger partial charge in [-0.05, 0) is 80.5 Å². The Bertz CT molecular complexity index is 731. The summed E-state index contributed by atoms with van der Waals surface area (Å²) in [7, 11) is 0. The van der Waals surface area contributed by atoms with E-state index in [-0.39, 0.29) is 11.9 Å². The molecule has 2 nitrogen and oxygen atoms in total. The predicted molar refractivity (Wildman–Crippen MR) is 96.8 cm³/mol. The van der Waals surface area contributed by atoms with Crippen LogP contribution in [0.4, 0.5) is 0 Å². The standard InChI is InChI=1S/C21H27NO/c1-13-7-8-19(10-15(13)3)12-21(23)22-18(6)20-11-16(4)14(2)9-17(20)5/h7-11,18H,12H2,1-6H3,(H,22,23). The summed E-state index contributed by atoms with van der Waals surface area (Å²) in [5.41, 5.74) is 8.53. The van der Waals surface area contributed by atoms with Gasteiger partial charge in [0.25, 0.3) is 0 Å². The van der Waals surface area contributed by atoms with Crippen LogP contribution >= 0.6 is 0 Å². The lowest BCUT2D eigenvalue weighted by atomic mass is 9.96. The average Bonchev–Trinajstić information content (AvgIpc) is 2.46. The Balaban J connectivity index is 2.07. The molecule has 2 rings (SSSR count). The van der Waals surface area contributed by atoms with Gasteiger partial charge in [-0.2, -0.15) is 0 Å². The molecule has 2 aromatic rings. The van der Waals surface area contributed by atoms with Gasteiger partial charge >= 0.3 is 0 Å². The summed E-state index contributed by atoms with van der Waals surface area (Å²) in [6, 6.07) is 10.6. The Morgan fingerprint density at radius 2 is 1.48 bits per heavy atom. The lowest BCUT2D eigenvalue weighted by Crippen LogP contribution is -2.28. The molecule has 1 N–H and O–H groups in total. The summed E-state index contributed by atoms with van der Waals surface area (Å²) in [5, 5.41) is 3.13. The SMILES string of the molecule is Cc1ccc(CC(=O)NC(C)c2cc(C)c(C)cc2C)cc1C. The van der Waals surface area contributed by atoms with Gasteiger partial charge in [0.05, 0.1) is 12.5 Å². The van der Waals surface area contributed by atoms with Gasteiger partial charge in [-0.25, -0.2) is 0 Å². The highest BCUT2D eigenvalue weighted by Crippen LogP contribution is 2.21. The zero-order valence-corrected chi connectivity index (χ0v) is 15.1. The molecule has 0 saturated carbocycles. The normalized spacial score (nSPS) is 12.1. The first-order valence-corrected chi connectivity index (χ1v) is 8.21. The Morgan fingerprint density at radius 3 is 2.13 bits per heavy atom. The zero-order valence-electron chi connectivity index (χ0n) is 15.1. The molecule has 0 aliphatic heterocycles. The molecule has 0 bridgehead atoms. The molecule has 0 fully saturated rings. The number of hydrogen-bond donors (Lipinski definition) is 1. The third-order valence-corrected chi connectivity index (χ3v) is 4.66. The Labute approximate surface area is 139 Å². The van der Waals surface area contributed by atoms with Gasteiger partial charge in [0.1, 0.15) is 0 Å². The van der Waals surface area contributed by atoms with Gasteiger partial charge in [-0.3, -0.25) is 4.79 Å². The number of amides is 1. The van der Waals surface area contributed by atoms with Gasteiger partial charge in [0.15, 0.2) is 0 Å². The van der Waals surface area contributed by atoms with Crippen LogP contribution in [0.2, 0.25) is 0 Å². The van der Waals surface area contributed by atoms with Crippen LogP contribution in [0.25, 0.3) is 0 Å². The summed E-state index contributed by atoms with van der Waals surface area (Å²) in [4.78, 5) is 12.3. The molecule has 1 amide bonds. The molecule has 1 unspecified atom stereocenters. The first kappa shape index (κ1) is 17.3. The van der Waals surface area contributed by atoms with Crippen LogP contribution in [0, 0.1) is 34.6 Å². The van der Waals surface area contributed by atoms with Gasteiger partial charge in [-0.1, -0.05) is 30.3 Å². The molecule has 0 aliphatic carbocycles. The van der Waals surface area contributed by atoms with Crippen LogP contribution in [0.15, 0.2) is 30.3 Å². The van der Waals surface area contributed by atoms with Crippen molar-refractivity contribution in [2.75, 3.05) is 0 Å². The van der Waals surface area contributed by atoms with E-state index in [1.54, 1.807) is 0 Å². The minimum absolute atomic E-state index is 0.0216. The van der Waals surface area contributed by atoms with E-state index in [1.165, 1.54) is 33.4 Å². The molecule has 1 atom stereocenters. The molecule has 0 heterocycles. The highest BCUT2D eigenvalue weighted by atomic mass is 16.1. The third kappa shape index (κ3) is 4.22. The number of carbonyl (C=O) groups excluding carboxylic acids is 1. The Morgan fingerprint density at radius 1 is 0.870 bits per heavy atom. The molecular formula is C21H27NO. The summed E-state index contributed by atoms with van der Waals surface area (Å²) in [6.45, 7) is 12.6. The number of carbonyl (C=O) groups is 1. The quantitative estimate of drug-likeness (QED) is 0.875. The molecule has 0 aliphatic rings. The van der Waals surface area contributed by atoms with Crippen molar-refractivity contribution in [1.82, 2.24) is 5.32 Å². The van der Waals surface area contributed by atoms with E-state index < -0.39 is 0 Å². The van der Waals surface area contributed by atoms with Gasteiger partial charge < -0.3 is 5.32 Å². The Kier molecular flexibility index (Phi) is 5.25. The van der Waals surface area contributed by atoms with Gasteiger partial charge in [0, 0.05) is 0 Å². The van der Waals surface area contributed by atoms with Gasteiger partial charge in [-0.15, -0.1) is 0 Å². The van der Waals surface area contributed by atoms with Crippen molar-refractivity contribution in [3.8, 4) is 0 Å². The summed E-state index contributed by atoms with van der Waals surface area (Å²) in [5.74, 6) is 0.0679. The molecule has 2 heteroatoms. The fourth-order valence-corrected chi connectivity index (χ4v) is 2.92. The van der Waals surface area contributed by atoms with E-state index >= 15 is 0 Å². The van der Waals surface area contributed by atoms with Crippen molar-refractivity contribution in [2.24, 2.45) is 0 Å². The van der Waals surface area contributed by atoms with Crippen molar-refractivity contribution in [2.45, 2.75) is 54.0 Å². The maximum Gasteiger partial charge on any atom is 0.224 e. The van der Waals surface area contributed by atoms with Crippen LogP contribution in [0.3, 0.4) is 0 Å². The summed E-state index contributed by atoms with van der Waals surface area (Å²) >= 11 is 0. The van der Waals surface area contributed by atoms with E-state index in [0.717, 1.165) is 5.56 Å². The zero-order chi connectivity index (χ0) is 17.1. The smallest absolute Gasteiger partial charge is 0.224 e. The average molecular weight is 309 g/mol. The number of rotatable bonds is 4. The monoisotopic (exact) mass is 309 g/mol. The Hall–Kier alpha value is -2.09. The number of nitrogens with one attached hydrogen (secondary N) is 1. The van der Waals surface area contributed by atoms with Crippen molar-refractivity contribution >= 4 is 5.91 Å². The van der Waals surface area contributed by atoms with Crippen LogP contribution in [0.1, 0.15) is 51.9 Å². The molecule has 122 valence electrons. The van der Waals surface area contributed by atoms with Crippen molar-refractivity contribution < 1.29 is 4.79 Å². The summed E-state index contributed by atoms with van der Waals surface area (Å²) < 4.78 is 0. The number of hydrogen-bond acceptors (Lipinski definition) is 1. The van der Waals surface area contributed by atoms with Crippen molar-refractivity contribution in [3.63, 3.8) is 0 Å². The minimum atomic E-state index is 0.0216. The number of aryl methyl sites for hydroxylation is 5. The highest BCUT2D eigenvalue weighted by molar-refractivity contribution is 5.79. The first-order valence-electron chi connectivity index (χ1n) is 8.21. The molecule has 0 radical (unpaired) electrons. The summed E-state index contributed by atoms with van der Waals surface area (Å²) in [6.07, 6.45) is 0.426. The maximum absolute atomic E-state index is 12.3. The second kappa shape index (κ2) is 6.99. The fraction of sp³-hybridized carbons (Fsp3) is 0.381. The molecule has 23 heavy (non-hydrogen) atoms. The minimum Gasteiger partial charge on any atom is -0.349 e. The van der Waals surface area contributed by atoms with Gasteiger partial charge in [0.2, 0.25) is 5.91 Å². The van der Waals surface area contributed by atoms with Crippen LogP contribution in [-0.2, 0) is 11.2 Å². The van der Waals surface area contributed by atoms with E-state index in [0.29, 0.717) is 6.42 Å². The molecule has 0 spiro atoms. The fourth-order valence-electron chi connectivity index (χ4n) is 2.92. The van der Waals surface area contributed by atoms with Crippen LogP contribution < -0.4 is 5.32 Å². The van der Waals surface area contributed by atoms with Crippen molar-refractivity contribution in [1.29, 1.82) is 0 Å². The predicted octanol–water partition coefficient (Wildman–Crippen LogP) is 4.65. The van der Waals surface area contributed by atoms with E-state index in [2.05, 4.69) is 71.1 Å². The highest BCUT2D eigenvalue weighted by Gasteiger charge is 2.13.